The molecule has 89 heavy (non-hydrogen) atoms. The van der Waals surface area contributed by atoms with Crippen LogP contribution < -0.4 is 18.9 Å². The summed E-state index contributed by atoms with van der Waals surface area (Å²) in [4.78, 5) is 17.1. The van der Waals surface area contributed by atoms with Crippen LogP contribution in [-0.2, 0) is 35.9 Å². The standard InChI is InChI=1S/C74H84N2O9S4/c1-71(2,3)49-37-59-67(82-27-25-75-45-55-53-19-15-13-17-47(53)21-23-57(55)77)60(38-49)87-64-42-52(74(10,11)12)44-66-70(64)85-36-34-81-32-30-79-29-31-80-33-35-84-69-63(86-59)41-51(73(7,8)9)43-65(69)88-61-39-50(72(4,5)6)40-62(89-66)68(61)83-28-26-76-46-56-54-20-16-14-18-48(54)22-24-58(56)78/h13-24,37-46,77-78H,25-36H2,1-12H3. The van der Waals surface area contributed by atoms with Gasteiger partial charge in [-0.2, -0.15) is 0 Å². The molecule has 2 aliphatic rings. The van der Waals surface area contributed by atoms with Gasteiger partial charge in [0, 0.05) is 23.6 Å². The van der Waals surface area contributed by atoms with E-state index in [0.717, 1.165) is 94.5 Å². The first-order valence-corrected chi connectivity index (χ1v) is 33.9. The number of benzene rings is 8. The zero-order chi connectivity index (χ0) is 63.1. The van der Waals surface area contributed by atoms with Gasteiger partial charge in [0.1, 0.15) is 60.9 Å². The fourth-order valence-electron chi connectivity index (χ4n) is 10.2. The Balaban J connectivity index is 1.19. The van der Waals surface area contributed by atoms with Crippen molar-refractivity contribution in [2.24, 2.45) is 9.98 Å². The first kappa shape index (κ1) is 65.6. The average molecular weight is 1270 g/mol. The maximum Gasteiger partial charge on any atom is 0.147 e. The number of hydrogen-bond acceptors (Lipinski definition) is 15. The summed E-state index contributed by atoms with van der Waals surface area (Å²) in [5.74, 6) is 3.22. The SMILES string of the molecule is CC(C)(C)c1cc2c(OCCN=Cc3c(O)ccc4ccccc34)c(c1)Sc1cc(C(C)(C)C)cc3c1OCCOCCOCCOCCOc1c(cc(C(C)(C)C)cc1Sc1cc(C(C)(C)C)cc(c1OCCN=Cc1c(O)ccc4ccccc14)S3)S2. The molecule has 10 bridgehead atoms. The molecule has 0 fully saturated rings. The molecule has 2 N–H and O–H groups in total. The molecule has 0 aromatic heterocycles. The van der Waals surface area contributed by atoms with E-state index in [2.05, 4.69) is 132 Å². The Bertz CT molecular complexity index is 3540. The molecular formula is C74H84N2O9S4. The smallest absolute Gasteiger partial charge is 0.147 e. The topological polar surface area (TPSA) is 130 Å². The maximum absolute atomic E-state index is 11.1. The molecule has 8 aromatic rings. The largest absolute Gasteiger partial charge is 0.507 e. The Morgan fingerprint density at radius 2 is 0.685 bits per heavy atom. The van der Waals surface area contributed by atoms with E-state index in [1.807, 2.05) is 60.7 Å². The van der Waals surface area contributed by atoms with Crippen LogP contribution in [0.15, 0.2) is 170 Å². The number of ether oxygens (including phenoxy) is 7. The van der Waals surface area contributed by atoms with Crippen molar-refractivity contribution in [1.82, 2.24) is 0 Å². The second-order valence-corrected chi connectivity index (χ2v) is 30.7. The highest BCUT2D eigenvalue weighted by atomic mass is 32.2. The van der Waals surface area contributed by atoms with Crippen molar-refractivity contribution in [3.8, 4) is 34.5 Å². The first-order valence-electron chi connectivity index (χ1n) is 30.6. The summed E-state index contributed by atoms with van der Waals surface area (Å²) in [5.41, 5.74) is 4.77. The molecule has 0 atom stereocenters. The van der Waals surface area contributed by atoms with E-state index in [-0.39, 0.29) is 59.6 Å². The maximum atomic E-state index is 11.1. The third-order valence-corrected chi connectivity index (χ3v) is 19.6. The minimum absolute atomic E-state index is 0.172. The van der Waals surface area contributed by atoms with Gasteiger partial charge in [0.05, 0.1) is 91.9 Å². The normalized spacial score (nSPS) is 15.1. The van der Waals surface area contributed by atoms with Gasteiger partial charge < -0.3 is 43.4 Å². The zero-order valence-electron chi connectivity index (χ0n) is 53.5. The van der Waals surface area contributed by atoms with Crippen LogP contribution in [0.4, 0.5) is 0 Å². The van der Waals surface area contributed by atoms with Crippen molar-refractivity contribution in [2.45, 2.75) is 144 Å². The van der Waals surface area contributed by atoms with Crippen molar-refractivity contribution in [1.29, 1.82) is 0 Å². The molecule has 8 aromatic carbocycles. The van der Waals surface area contributed by atoms with Crippen molar-refractivity contribution < 1.29 is 43.4 Å². The molecule has 0 saturated carbocycles. The van der Waals surface area contributed by atoms with Gasteiger partial charge in [0.15, 0.2) is 0 Å². The second kappa shape index (κ2) is 28.5. The molecule has 0 amide bonds. The third kappa shape index (κ3) is 16.4. The predicted octanol–water partition coefficient (Wildman–Crippen LogP) is 18.3. The molecule has 15 heteroatoms. The summed E-state index contributed by atoms with van der Waals surface area (Å²) in [7, 11) is 0. The Morgan fingerprint density at radius 3 is 1.00 bits per heavy atom. The number of phenolic OH excluding ortho intramolecular Hbond substituents is 2. The number of fused-ring (bicyclic) bond motifs is 4. The second-order valence-electron chi connectivity index (χ2n) is 26.4. The number of nitrogens with zero attached hydrogens (tertiary/aromatic N) is 2. The molecule has 11 nitrogen and oxygen atoms in total. The van der Waals surface area contributed by atoms with E-state index < -0.39 is 0 Å². The van der Waals surface area contributed by atoms with E-state index in [0.29, 0.717) is 75.4 Å². The fourth-order valence-corrected chi connectivity index (χ4v) is 15.0. The van der Waals surface area contributed by atoms with Crippen LogP contribution in [0, 0.1) is 0 Å². The monoisotopic (exact) mass is 1270 g/mol. The molecule has 468 valence electrons. The van der Waals surface area contributed by atoms with Gasteiger partial charge in [-0.1, -0.05) is 191 Å². The minimum atomic E-state index is -0.279. The first-order chi connectivity index (χ1) is 42.5. The molecule has 0 spiro atoms. The third-order valence-electron chi connectivity index (χ3n) is 15.4. The summed E-state index contributed by atoms with van der Waals surface area (Å²) in [6.07, 6.45) is 3.52. The lowest BCUT2D eigenvalue weighted by Crippen LogP contribution is -2.16. The van der Waals surface area contributed by atoms with Crippen LogP contribution >= 0.6 is 47.0 Å². The number of phenols is 2. The van der Waals surface area contributed by atoms with Crippen LogP contribution in [0.1, 0.15) is 116 Å². The van der Waals surface area contributed by atoms with Crippen molar-refractivity contribution in [2.75, 3.05) is 79.2 Å². The zero-order valence-corrected chi connectivity index (χ0v) is 56.7. The Morgan fingerprint density at radius 1 is 0.393 bits per heavy atom. The lowest BCUT2D eigenvalue weighted by Gasteiger charge is -2.28. The molecule has 0 aliphatic carbocycles. The van der Waals surface area contributed by atoms with Crippen molar-refractivity contribution >= 4 is 81.0 Å². The minimum Gasteiger partial charge on any atom is -0.507 e. The molecule has 0 unspecified atom stereocenters. The van der Waals surface area contributed by atoms with Gasteiger partial charge in [-0.05, 0) is 126 Å². The number of aliphatic imine (C=N–C) groups is 2. The van der Waals surface area contributed by atoms with Gasteiger partial charge in [0.2, 0.25) is 0 Å². The molecule has 2 aliphatic heterocycles. The lowest BCUT2D eigenvalue weighted by atomic mass is 9.87. The van der Waals surface area contributed by atoms with E-state index in [1.54, 1.807) is 71.6 Å². The molecule has 0 radical (unpaired) electrons. The predicted molar refractivity (Wildman–Crippen MR) is 368 cm³/mol. The summed E-state index contributed by atoms with van der Waals surface area (Å²) in [5, 5.41) is 26.0. The molecule has 0 saturated heterocycles. The highest BCUT2D eigenvalue weighted by Crippen LogP contribution is 2.56. The average Bonchev–Trinajstić information content (AvgIpc) is 0.959. The van der Waals surface area contributed by atoms with E-state index >= 15 is 0 Å². The quantitative estimate of drug-likeness (QED) is 0.0996. The summed E-state index contributed by atoms with van der Waals surface area (Å²) >= 11 is 6.57. The Hall–Kier alpha value is -6.30. The van der Waals surface area contributed by atoms with Crippen molar-refractivity contribution in [3.05, 3.63) is 155 Å². The number of aromatic hydroxyl groups is 2. The van der Waals surface area contributed by atoms with Crippen LogP contribution in [-0.4, -0.2) is 102 Å². The fraction of sp³-hybridized carbons (Fsp3) is 0.378. The summed E-state index contributed by atoms with van der Waals surface area (Å²) in [6, 6.07) is 41.6. The van der Waals surface area contributed by atoms with Crippen LogP contribution in [0.2, 0.25) is 0 Å². The van der Waals surface area contributed by atoms with E-state index in [9.17, 15) is 10.2 Å². The van der Waals surface area contributed by atoms with Gasteiger partial charge in [0.25, 0.3) is 0 Å². The van der Waals surface area contributed by atoms with Gasteiger partial charge in [-0.15, -0.1) is 0 Å². The van der Waals surface area contributed by atoms with Crippen molar-refractivity contribution in [3.63, 3.8) is 0 Å². The highest BCUT2D eigenvalue weighted by molar-refractivity contribution is 8.01. The molecular weight excluding hydrogens is 1190 g/mol. The summed E-state index contributed by atoms with van der Waals surface area (Å²) < 4.78 is 47.0. The van der Waals surface area contributed by atoms with E-state index in [1.165, 1.54) is 0 Å². The summed E-state index contributed by atoms with van der Waals surface area (Å²) in [6.45, 7) is 31.0. The van der Waals surface area contributed by atoms with Gasteiger partial charge in [-0.3, -0.25) is 9.98 Å². The van der Waals surface area contributed by atoms with E-state index in [4.69, 9.17) is 43.1 Å². The van der Waals surface area contributed by atoms with Gasteiger partial charge in [-0.25, -0.2) is 0 Å². The Labute approximate surface area is 543 Å². The Kier molecular flexibility index (Phi) is 21.0. The molecule has 2 heterocycles. The molecule has 10 rings (SSSR count). The number of rotatable bonds is 10. The van der Waals surface area contributed by atoms with Crippen LogP contribution in [0.3, 0.4) is 0 Å². The van der Waals surface area contributed by atoms with Gasteiger partial charge >= 0.3 is 0 Å². The van der Waals surface area contributed by atoms with Crippen LogP contribution in [0.25, 0.3) is 21.5 Å². The lowest BCUT2D eigenvalue weighted by molar-refractivity contribution is 0.00450. The number of hydrogen-bond donors (Lipinski definition) is 2. The van der Waals surface area contributed by atoms with Crippen LogP contribution in [0.5, 0.6) is 34.5 Å². The highest BCUT2D eigenvalue weighted by Gasteiger charge is 2.31.